The van der Waals surface area contributed by atoms with E-state index >= 15 is 0 Å². The predicted octanol–water partition coefficient (Wildman–Crippen LogP) is 1.72. The van der Waals surface area contributed by atoms with Crippen molar-refractivity contribution in [2.75, 3.05) is 6.54 Å². The molecule has 1 aromatic carbocycles. The highest BCUT2D eigenvalue weighted by Crippen LogP contribution is 2.16. The van der Waals surface area contributed by atoms with Gasteiger partial charge in [0.05, 0.1) is 0 Å². The van der Waals surface area contributed by atoms with Crippen LogP contribution >= 0.6 is 0 Å². The van der Waals surface area contributed by atoms with Crippen LogP contribution in [0.25, 0.3) is 0 Å². The minimum absolute atomic E-state index is 0.0154. The van der Waals surface area contributed by atoms with Crippen molar-refractivity contribution < 1.29 is 14.3 Å². The maximum Gasteiger partial charge on any atom is 0.251 e. The van der Waals surface area contributed by atoms with E-state index in [2.05, 4.69) is 5.32 Å². The average Bonchev–Trinajstić information content (AvgIpc) is 2.50. The SMILES string of the molecule is C/C(C=N)=C/C(N)=C(/C=N)CNC(=O)c1ccc(O)c(F)c1. The lowest BCUT2D eigenvalue weighted by molar-refractivity contribution is 0.0957. The first-order chi connectivity index (χ1) is 10.4. The van der Waals surface area contributed by atoms with Gasteiger partial charge in [0.25, 0.3) is 5.91 Å². The second kappa shape index (κ2) is 7.72. The van der Waals surface area contributed by atoms with Gasteiger partial charge in [-0.2, -0.15) is 0 Å². The summed E-state index contributed by atoms with van der Waals surface area (Å²) in [6.45, 7) is 1.66. The minimum Gasteiger partial charge on any atom is -0.505 e. The Balaban J connectivity index is 2.84. The molecule has 22 heavy (non-hydrogen) atoms. The largest absolute Gasteiger partial charge is 0.505 e. The fourth-order valence-corrected chi connectivity index (χ4v) is 1.54. The number of nitrogens with two attached hydrogens (primary N) is 1. The van der Waals surface area contributed by atoms with Gasteiger partial charge in [0.15, 0.2) is 11.6 Å². The molecule has 0 saturated carbocycles. The Labute approximate surface area is 127 Å². The first kappa shape index (κ1) is 17.1. The molecule has 0 saturated heterocycles. The number of nitrogens with one attached hydrogen (secondary N) is 3. The summed E-state index contributed by atoms with van der Waals surface area (Å²) in [6, 6.07) is 3.28. The first-order valence-electron chi connectivity index (χ1n) is 6.33. The van der Waals surface area contributed by atoms with Gasteiger partial charge in [-0.15, -0.1) is 0 Å². The minimum atomic E-state index is -0.889. The number of hydrogen-bond acceptors (Lipinski definition) is 5. The van der Waals surface area contributed by atoms with Crippen LogP contribution in [0.5, 0.6) is 5.75 Å². The Kier molecular flexibility index (Phi) is 6.00. The third-order valence-corrected chi connectivity index (χ3v) is 2.81. The van der Waals surface area contributed by atoms with E-state index in [0.717, 1.165) is 24.6 Å². The van der Waals surface area contributed by atoms with Crippen LogP contribution in [0.4, 0.5) is 4.39 Å². The zero-order valence-electron chi connectivity index (χ0n) is 12.0. The molecule has 116 valence electrons. The lowest BCUT2D eigenvalue weighted by atomic mass is 10.1. The molecule has 0 fully saturated rings. The molecule has 6 N–H and O–H groups in total. The van der Waals surface area contributed by atoms with Gasteiger partial charge in [0, 0.05) is 35.8 Å². The highest BCUT2D eigenvalue weighted by molar-refractivity contribution is 5.95. The molecule has 7 heteroatoms. The summed E-state index contributed by atoms with van der Waals surface area (Å²) in [5, 5.41) is 26.0. The number of amides is 1. The summed E-state index contributed by atoms with van der Waals surface area (Å²) in [4.78, 5) is 11.9. The van der Waals surface area contributed by atoms with Gasteiger partial charge in [-0.25, -0.2) is 4.39 Å². The Morgan fingerprint density at radius 3 is 2.64 bits per heavy atom. The van der Waals surface area contributed by atoms with E-state index in [1.54, 1.807) is 6.92 Å². The Bertz CT molecular complexity index is 666. The van der Waals surface area contributed by atoms with E-state index in [4.69, 9.17) is 21.7 Å². The molecule has 0 aromatic heterocycles. The van der Waals surface area contributed by atoms with Gasteiger partial charge >= 0.3 is 0 Å². The number of carbonyl (C=O) groups excluding carboxylic acids is 1. The molecule has 0 heterocycles. The van der Waals surface area contributed by atoms with Crippen LogP contribution in [0.1, 0.15) is 17.3 Å². The summed E-state index contributed by atoms with van der Waals surface area (Å²) >= 11 is 0. The summed E-state index contributed by atoms with van der Waals surface area (Å²) in [7, 11) is 0. The molecule has 0 radical (unpaired) electrons. The van der Waals surface area contributed by atoms with E-state index in [9.17, 15) is 9.18 Å². The fraction of sp³-hybridized carbons (Fsp3) is 0.133. The van der Waals surface area contributed by atoms with Crippen LogP contribution in [-0.2, 0) is 0 Å². The molecule has 0 aliphatic carbocycles. The first-order valence-corrected chi connectivity index (χ1v) is 6.33. The summed E-state index contributed by atoms with van der Waals surface area (Å²) < 4.78 is 13.2. The topological polar surface area (TPSA) is 123 Å². The number of halogens is 1. The zero-order chi connectivity index (χ0) is 16.7. The number of aromatic hydroxyl groups is 1. The number of carbonyl (C=O) groups is 1. The van der Waals surface area contributed by atoms with Gasteiger partial charge < -0.3 is 27.0 Å². The van der Waals surface area contributed by atoms with Crippen molar-refractivity contribution in [3.05, 3.63) is 52.5 Å². The molecule has 0 aliphatic rings. The second-order valence-corrected chi connectivity index (χ2v) is 4.51. The smallest absolute Gasteiger partial charge is 0.251 e. The maximum atomic E-state index is 13.2. The monoisotopic (exact) mass is 304 g/mol. The highest BCUT2D eigenvalue weighted by Gasteiger charge is 2.10. The average molecular weight is 304 g/mol. The van der Waals surface area contributed by atoms with Gasteiger partial charge in [0.2, 0.25) is 0 Å². The van der Waals surface area contributed by atoms with Crippen molar-refractivity contribution in [2.24, 2.45) is 5.73 Å². The number of rotatable bonds is 6. The lowest BCUT2D eigenvalue weighted by Crippen LogP contribution is -2.27. The Hall–Kier alpha value is -2.96. The zero-order valence-corrected chi connectivity index (χ0v) is 12.0. The standard InChI is InChI=1S/C15H17FN4O2/c1-9(6-17)4-13(19)11(7-18)8-20-15(22)10-2-3-14(21)12(16)5-10/h2-7,17-18,21H,8,19H2,1H3,(H,20,22)/b9-4-,13-11+,17-6?,18-7?. The number of allylic oxidation sites excluding steroid dienone is 2. The number of phenols is 1. The van der Waals surface area contributed by atoms with Crippen molar-refractivity contribution in [2.45, 2.75) is 6.92 Å². The quantitative estimate of drug-likeness (QED) is 0.406. The molecule has 0 unspecified atom stereocenters. The van der Waals surface area contributed by atoms with Crippen LogP contribution in [0.3, 0.4) is 0 Å². The molecule has 0 atom stereocenters. The maximum absolute atomic E-state index is 13.2. The van der Waals surface area contributed by atoms with E-state index in [1.165, 1.54) is 12.1 Å². The Morgan fingerprint density at radius 2 is 2.09 bits per heavy atom. The lowest BCUT2D eigenvalue weighted by Gasteiger charge is -2.08. The second-order valence-electron chi connectivity index (χ2n) is 4.51. The number of phenolic OH excluding ortho intramolecular Hbond substituents is 1. The Morgan fingerprint density at radius 1 is 1.41 bits per heavy atom. The van der Waals surface area contributed by atoms with E-state index in [-0.39, 0.29) is 17.8 Å². The van der Waals surface area contributed by atoms with E-state index in [0.29, 0.717) is 11.1 Å². The summed E-state index contributed by atoms with van der Waals surface area (Å²) in [5.41, 5.74) is 7.04. The van der Waals surface area contributed by atoms with Gasteiger partial charge in [-0.1, -0.05) is 0 Å². The fourth-order valence-electron chi connectivity index (χ4n) is 1.54. The van der Waals surface area contributed by atoms with Crippen molar-refractivity contribution in [1.29, 1.82) is 10.8 Å². The van der Waals surface area contributed by atoms with Crippen LogP contribution in [0.15, 0.2) is 41.1 Å². The number of benzene rings is 1. The molecular weight excluding hydrogens is 287 g/mol. The van der Waals surface area contributed by atoms with Crippen LogP contribution in [-0.4, -0.2) is 30.0 Å². The summed E-state index contributed by atoms with van der Waals surface area (Å²) in [5.74, 6) is -1.98. The summed E-state index contributed by atoms with van der Waals surface area (Å²) in [6.07, 6.45) is 3.63. The van der Waals surface area contributed by atoms with E-state index < -0.39 is 17.5 Å². The molecule has 1 amide bonds. The molecule has 6 nitrogen and oxygen atoms in total. The van der Waals surface area contributed by atoms with Crippen LogP contribution in [0.2, 0.25) is 0 Å². The van der Waals surface area contributed by atoms with Crippen molar-refractivity contribution in [1.82, 2.24) is 5.32 Å². The van der Waals surface area contributed by atoms with Crippen LogP contribution < -0.4 is 11.1 Å². The van der Waals surface area contributed by atoms with E-state index in [1.807, 2.05) is 0 Å². The molecule has 1 aromatic rings. The van der Waals surface area contributed by atoms with Gasteiger partial charge in [0.1, 0.15) is 0 Å². The molecule has 1 rings (SSSR count). The van der Waals surface area contributed by atoms with Gasteiger partial charge in [-0.3, -0.25) is 4.79 Å². The van der Waals surface area contributed by atoms with Crippen molar-refractivity contribution >= 4 is 18.3 Å². The van der Waals surface area contributed by atoms with Gasteiger partial charge in [-0.05, 0) is 36.8 Å². The normalized spacial score (nSPS) is 12.4. The number of hydrogen-bond donors (Lipinski definition) is 5. The third kappa shape index (κ3) is 4.55. The molecule has 0 aliphatic heterocycles. The molecule has 0 spiro atoms. The molecular formula is C15H17FN4O2. The predicted molar refractivity (Wildman–Crippen MR) is 82.9 cm³/mol. The highest BCUT2D eigenvalue weighted by atomic mass is 19.1. The molecule has 0 bridgehead atoms. The third-order valence-electron chi connectivity index (χ3n) is 2.81. The van der Waals surface area contributed by atoms with Crippen molar-refractivity contribution in [3.8, 4) is 5.75 Å². The van der Waals surface area contributed by atoms with Crippen LogP contribution in [0, 0.1) is 16.6 Å². The van der Waals surface area contributed by atoms with Crippen molar-refractivity contribution in [3.63, 3.8) is 0 Å².